The van der Waals surface area contributed by atoms with Crippen LogP contribution in [-0.4, -0.2) is 74.6 Å². The van der Waals surface area contributed by atoms with Crippen LogP contribution in [0.25, 0.3) is 0 Å². The van der Waals surface area contributed by atoms with Crippen molar-refractivity contribution < 1.29 is 17.7 Å². The number of hydrogen-bond acceptors (Lipinski definition) is 4. The predicted molar refractivity (Wildman–Crippen MR) is 52.9 cm³/mol. The molecule has 76 valence electrons. The SMILES string of the molecule is C1COCCN1.CCS(=O)(=O)O.[NaH]. The van der Waals surface area contributed by atoms with Gasteiger partial charge in [0, 0.05) is 13.1 Å². The van der Waals surface area contributed by atoms with E-state index in [0.717, 1.165) is 26.3 Å². The molecule has 0 aliphatic carbocycles. The number of rotatable bonds is 1. The van der Waals surface area contributed by atoms with Crippen LogP contribution in [0.5, 0.6) is 0 Å². The van der Waals surface area contributed by atoms with Crippen LogP contribution in [0.1, 0.15) is 6.92 Å². The van der Waals surface area contributed by atoms with Gasteiger partial charge < -0.3 is 10.1 Å². The van der Waals surface area contributed by atoms with E-state index < -0.39 is 10.1 Å². The molecule has 13 heavy (non-hydrogen) atoms. The summed E-state index contributed by atoms with van der Waals surface area (Å²) in [5.74, 6) is -0.201. The summed E-state index contributed by atoms with van der Waals surface area (Å²) in [5.41, 5.74) is 0. The number of nitrogens with one attached hydrogen (secondary N) is 1. The van der Waals surface area contributed by atoms with Crippen molar-refractivity contribution in [2.45, 2.75) is 6.92 Å². The van der Waals surface area contributed by atoms with Crippen molar-refractivity contribution in [1.29, 1.82) is 0 Å². The molecule has 0 aromatic rings. The average Bonchev–Trinajstić information content (AvgIpc) is 2.07. The first kappa shape index (κ1) is 16.3. The Labute approximate surface area is 101 Å². The molecule has 0 aromatic carbocycles. The van der Waals surface area contributed by atoms with Crippen LogP contribution in [0.15, 0.2) is 0 Å². The summed E-state index contributed by atoms with van der Waals surface area (Å²) in [4.78, 5) is 0. The third-order valence-corrected chi connectivity index (χ3v) is 1.94. The normalized spacial score (nSPS) is 16.5. The van der Waals surface area contributed by atoms with Crippen molar-refractivity contribution in [3.05, 3.63) is 0 Å². The third kappa shape index (κ3) is 15.6. The molecule has 1 aliphatic heterocycles. The molecule has 1 fully saturated rings. The van der Waals surface area contributed by atoms with Gasteiger partial charge in [0.15, 0.2) is 0 Å². The standard InChI is InChI=1S/C4H9NO.C2H6O3S.Na.H/c1-3-6-4-2-5-1;1-2-6(3,4)5;;/h5H,1-4H2;2H2,1H3,(H,3,4,5);;. The first-order valence-electron chi connectivity index (χ1n) is 3.80. The second-order valence-corrected chi connectivity index (χ2v) is 3.97. The molecule has 5 nitrogen and oxygen atoms in total. The van der Waals surface area contributed by atoms with E-state index in [1.807, 2.05) is 0 Å². The Morgan fingerprint density at radius 2 is 1.77 bits per heavy atom. The Balaban J connectivity index is 0. The van der Waals surface area contributed by atoms with Gasteiger partial charge in [-0.15, -0.1) is 0 Å². The first-order chi connectivity index (χ1) is 5.56. The molecule has 0 spiro atoms. The molecule has 0 atom stereocenters. The van der Waals surface area contributed by atoms with Gasteiger partial charge in [0.1, 0.15) is 0 Å². The van der Waals surface area contributed by atoms with Crippen molar-refractivity contribution in [2.75, 3.05) is 32.1 Å². The molecule has 1 heterocycles. The summed E-state index contributed by atoms with van der Waals surface area (Å²) in [7, 11) is -3.66. The van der Waals surface area contributed by atoms with E-state index in [0.29, 0.717) is 0 Å². The zero-order valence-electron chi connectivity index (χ0n) is 7.12. The van der Waals surface area contributed by atoms with Crippen LogP contribution in [0.3, 0.4) is 0 Å². The Morgan fingerprint density at radius 3 is 1.85 bits per heavy atom. The van der Waals surface area contributed by atoms with E-state index in [9.17, 15) is 8.42 Å². The van der Waals surface area contributed by atoms with Gasteiger partial charge in [0.25, 0.3) is 10.1 Å². The number of hydrogen-bond donors (Lipinski definition) is 2. The zero-order valence-corrected chi connectivity index (χ0v) is 7.93. The molecular formula is C6H16NNaO4S. The van der Waals surface area contributed by atoms with E-state index in [1.54, 1.807) is 0 Å². The van der Waals surface area contributed by atoms with Crippen LogP contribution in [-0.2, 0) is 14.9 Å². The van der Waals surface area contributed by atoms with Gasteiger partial charge in [-0.1, -0.05) is 0 Å². The minimum absolute atomic E-state index is 0. The van der Waals surface area contributed by atoms with Gasteiger partial charge in [-0.25, -0.2) is 0 Å². The molecule has 0 amide bonds. The summed E-state index contributed by atoms with van der Waals surface area (Å²) in [5, 5.41) is 3.16. The summed E-state index contributed by atoms with van der Waals surface area (Å²) in [6.07, 6.45) is 0. The molecule has 1 aliphatic rings. The molecule has 2 N–H and O–H groups in total. The predicted octanol–water partition coefficient (Wildman–Crippen LogP) is -1.15. The third-order valence-electron chi connectivity index (χ3n) is 1.21. The van der Waals surface area contributed by atoms with Crippen LogP contribution in [0, 0.1) is 0 Å². The van der Waals surface area contributed by atoms with E-state index in [4.69, 9.17) is 9.29 Å². The second-order valence-electron chi connectivity index (χ2n) is 2.23. The van der Waals surface area contributed by atoms with Gasteiger partial charge >= 0.3 is 29.6 Å². The van der Waals surface area contributed by atoms with Crippen LogP contribution >= 0.6 is 0 Å². The number of ether oxygens (including phenoxy) is 1. The molecule has 1 rings (SSSR count). The van der Waals surface area contributed by atoms with Crippen molar-refractivity contribution in [3.8, 4) is 0 Å². The Kier molecular flexibility index (Phi) is 11.7. The molecule has 0 unspecified atom stereocenters. The van der Waals surface area contributed by atoms with E-state index >= 15 is 0 Å². The summed E-state index contributed by atoms with van der Waals surface area (Å²) >= 11 is 0. The summed E-state index contributed by atoms with van der Waals surface area (Å²) in [6, 6.07) is 0. The van der Waals surface area contributed by atoms with Crippen molar-refractivity contribution in [2.24, 2.45) is 0 Å². The van der Waals surface area contributed by atoms with Crippen LogP contribution in [0.4, 0.5) is 0 Å². The van der Waals surface area contributed by atoms with Gasteiger partial charge in [-0.2, -0.15) is 8.42 Å². The van der Waals surface area contributed by atoms with Gasteiger partial charge in [0.05, 0.1) is 19.0 Å². The van der Waals surface area contributed by atoms with Gasteiger partial charge in [-0.3, -0.25) is 4.55 Å². The monoisotopic (exact) mass is 221 g/mol. The van der Waals surface area contributed by atoms with Crippen LogP contribution in [0.2, 0.25) is 0 Å². The Morgan fingerprint density at radius 1 is 1.38 bits per heavy atom. The van der Waals surface area contributed by atoms with E-state index in [2.05, 4.69) is 5.32 Å². The topological polar surface area (TPSA) is 75.6 Å². The quantitative estimate of drug-likeness (QED) is 0.432. The number of morpholine rings is 1. The maximum absolute atomic E-state index is 9.56. The molecule has 0 saturated carbocycles. The van der Waals surface area contributed by atoms with Crippen molar-refractivity contribution in [1.82, 2.24) is 5.32 Å². The molecule has 1 saturated heterocycles. The molecule has 0 aromatic heterocycles. The molecular weight excluding hydrogens is 205 g/mol. The average molecular weight is 221 g/mol. The molecule has 0 radical (unpaired) electrons. The fraction of sp³-hybridized carbons (Fsp3) is 1.00. The fourth-order valence-corrected chi connectivity index (χ4v) is 0.516. The van der Waals surface area contributed by atoms with E-state index in [-0.39, 0.29) is 35.3 Å². The van der Waals surface area contributed by atoms with Crippen LogP contribution < -0.4 is 5.32 Å². The van der Waals surface area contributed by atoms with Gasteiger partial charge in [-0.05, 0) is 6.92 Å². The summed E-state index contributed by atoms with van der Waals surface area (Å²) < 4.78 is 31.9. The Hall–Kier alpha value is 0.830. The zero-order chi connectivity index (χ0) is 9.45. The molecule has 0 bridgehead atoms. The van der Waals surface area contributed by atoms with Gasteiger partial charge in [0.2, 0.25) is 0 Å². The van der Waals surface area contributed by atoms with Crippen molar-refractivity contribution >= 4 is 39.7 Å². The second kappa shape index (κ2) is 9.39. The maximum atomic E-state index is 9.56. The van der Waals surface area contributed by atoms with Crippen molar-refractivity contribution in [3.63, 3.8) is 0 Å². The Bertz CT molecular complexity index is 179. The summed E-state index contributed by atoms with van der Waals surface area (Å²) in [6.45, 7) is 5.20. The molecule has 7 heteroatoms. The minimum atomic E-state index is -3.66. The first-order valence-corrected chi connectivity index (χ1v) is 5.41. The van der Waals surface area contributed by atoms with E-state index in [1.165, 1.54) is 6.92 Å². The fourth-order valence-electron chi connectivity index (χ4n) is 0.516.